The van der Waals surface area contributed by atoms with Crippen LogP contribution >= 0.6 is 15.9 Å². The smallest absolute Gasteiger partial charge is 0.404 e. The second kappa shape index (κ2) is 6.45. The van der Waals surface area contributed by atoms with Crippen molar-refractivity contribution in [3.8, 4) is 0 Å². The molecule has 8 nitrogen and oxygen atoms in total. The molecule has 25 heavy (non-hydrogen) atoms. The van der Waals surface area contributed by atoms with E-state index in [0.29, 0.717) is 15.7 Å². The summed E-state index contributed by atoms with van der Waals surface area (Å²) in [6.45, 7) is 1.84. The molecule has 1 aromatic carbocycles. The van der Waals surface area contributed by atoms with Crippen molar-refractivity contribution in [2.24, 2.45) is 0 Å². The number of halogens is 1. The maximum absolute atomic E-state index is 12.9. The standard InChI is InChI=1S/C15H13BrN4O4S/c1-9-2-4-11(5-3-9)25(23,24)20-8-12(16)13-14(20)17-6-10(19-13)7-18-15(21)22/h2-6,8,18H,7H2,1H3,(H,21,22). The summed E-state index contributed by atoms with van der Waals surface area (Å²) in [6, 6.07) is 6.50. The molecule has 0 radical (unpaired) electrons. The summed E-state index contributed by atoms with van der Waals surface area (Å²) in [5.41, 5.74) is 1.82. The molecule has 130 valence electrons. The van der Waals surface area contributed by atoms with Crippen LogP contribution in [-0.2, 0) is 16.6 Å². The summed E-state index contributed by atoms with van der Waals surface area (Å²) in [4.78, 5) is 19.1. The molecule has 1 amide bonds. The normalized spacial score (nSPS) is 11.6. The maximum atomic E-state index is 12.9. The molecule has 3 aromatic rings. The Morgan fingerprint density at radius 1 is 1.32 bits per heavy atom. The lowest BCUT2D eigenvalue weighted by molar-refractivity contribution is 0.194. The van der Waals surface area contributed by atoms with Gasteiger partial charge < -0.3 is 10.4 Å². The van der Waals surface area contributed by atoms with Crippen molar-refractivity contribution in [2.45, 2.75) is 18.4 Å². The number of aromatic nitrogens is 3. The number of carboxylic acid groups (broad SMARTS) is 1. The highest BCUT2D eigenvalue weighted by atomic mass is 79.9. The summed E-state index contributed by atoms with van der Waals surface area (Å²) in [5, 5.41) is 10.8. The van der Waals surface area contributed by atoms with E-state index in [1.165, 1.54) is 24.5 Å². The zero-order valence-electron chi connectivity index (χ0n) is 13.0. The third-order valence-electron chi connectivity index (χ3n) is 3.47. The van der Waals surface area contributed by atoms with Crippen molar-refractivity contribution >= 4 is 43.2 Å². The molecule has 0 unspecified atom stereocenters. The van der Waals surface area contributed by atoms with Gasteiger partial charge in [0.25, 0.3) is 10.0 Å². The zero-order chi connectivity index (χ0) is 18.2. The van der Waals surface area contributed by atoms with Crippen molar-refractivity contribution < 1.29 is 18.3 Å². The Labute approximate surface area is 151 Å². The number of benzene rings is 1. The highest BCUT2D eigenvalue weighted by Crippen LogP contribution is 2.27. The Bertz CT molecular complexity index is 1060. The van der Waals surface area contributed by atoms with E-state index in [4.69, 9.17) is 5.11 Å². The molecular weight excluding hydrogens is 412 g/mol. The topological polar surface area (TPSA) is 114 Å². The molecule has 2 aromatic heterocycles. The van der Waals surface area contributed by atoms with E-state index >= 15 is 0 Å². The lowest BCUT2D eigenvalue weighted by Crippen LogP contribution is -2.20. The molecule has 2 N–H and O–H groups in total. The molecule has 2 heterocycles. The number of aryl methyl sites for hydroxylation is 1. The van der Waals surface area contributed by atoms with Gasteiger partial charge in [0.2, 0.25) is 0 Å². The van der Waals surface area contributed by atoms with Gasteiger partial charge in [-0.25, -0.2) is 27.2 Å². The SMILES string of the molecule is Cc1ccc(S(=O)(=O)n2cc(Br)c3nc(CNC(=O)O)cnc32)cc1. The van der Waals surface area contributed by atoms with Crippen LogP contribution < -0.4 is 5.32 Å². The molecule has 10 heteroatoms. The van der Waals surface area contributed by atoms with Crippen molar-refractivity contribution in [3.63, 3.8) is 0 Å². The highest BCUT2D eigenvalue weighted by Gasteiger charge is 2.22. The average Bonchev–Trinajstić information content (AvgIpc) is 2.91. The minimum absolute atomic E-state index is 0.0272. The molecule has 0 saturated carbocycles. The molecule has 3 rings (SSSR count). The molecule has 0 aliphatic rings. The predicted molar refractivity (Wildman–Crippen MR) is 93.9 cm³/mol. The highest BCUT2D eigenvalue weighted by molar-refractivity contribution is 9.10. The quantitative estimate of drug-likeness (QED) is 0.664. The lowest BCUT2D eigenvalue weighted by Gasteiger charge is -2.07. The summed E-state index contributed by atoms with van der Waals surface area (Å²) < 4.78 is 27.2. The van der Waals surface area contributed by atoms with Gasteiger partial charge >= 0.3 is 6.09 Å². The van der Waals surface area contributed by atoms with E-state index in [1.54, 1.807) is 12.1 Å². The first-order valence-electron chi connectivity index (χ1n) is 7.10. The van der Waals surface area contributed by atoms with Crippen molar-refractivity contribution in [1.29, 1.82) is 0 Å². The zero-order valence-corrected chi connectivity index (χ0v) is 15.4. The molecule has 0 atom stereocenters. The fourth-order valence-electron chi connectivity index (χ4n) is 2.22. The monoisotopic (exact) mass is 424 g/mol. The van der Waals surface area contributed by atoms with Gasteiger partial charge in [0.1, 0.15) is 5.52 Å². The number of fused-ring (bicyclic) bond motifs is 1. The van der Waals surface area contributed by atoms with Crippen molar-refractivity contribution in [2.75, 3.05) is 0 Å². The van der Waals surface area contributed by atoms with Gasteiger partial charge in [-0.3, -0.25) is 0 Å². The Morgan fingerprint density at radius 3 is 2.64 bits per heavy atom. The number of hydrogen-bond acceptors (Lipinski definition) is 5. The predicted octanol–water partition coefficient (Wildman–Crippen LogP) is 2.51. The number of nitrogens with one attached hydrogen (secondary N) is 1. The second-order valence-corrected chi connectivity index (χ2v) is 7.95. The van der Waals surface area contributed by atoms with Gasteiger partial charge in [-0.05, 0) is 35.0 Å². The van der Waals surface area contributed by atoms with Gasteiger partial charge in [-0.15, -0.1) is 0 Å². The van der Waals surface area contributed by atoms with E-state index in [0.717, 1.165) is 9.54 Å². The van der Waals surface area contributed by atoms with Crippen LogP contribution in [0.4, 0.5) is 4.79 Å². The fourth-order valence-corrected chi connectivity index (χ4v) is 4.14. The maximum Gasteiger partial charge on any atom is 0.404 e. The number of hydrogen-bond donors (Lipinski definition) is 2. The Morgan fingerprint density at radius 2 is 2.00 bits per heavy atom. The molecule has 0 aliphatic heterocycles. The number of rotatable bonds is 4. The van der Waals surface area contributed by atoms with Crippen LogP contribution in [0, 0.1) is 6.92 Å². The molecule has 0 aliphatic carbocycles. The Kier molecular flexibility index (Phi) is 4.48. The van der Waals surface area contributed by atoms with Crippen molar-refractivity contribution in [1.82, 2.24) is 19.3 Å². The molecule has 0 saturated heterocycles. The van der Waals surface area contributed by atoms with Gasteiger partial charge in [-0.1, -0.05) is 17.7 Å². The van der Waals surface area contributed by atoms with Crippen LogP contribution in [0.1, 0.15) is 11.3 Å². The van der Waals surface area contributed by atoms with E-state index in [9.17, 15) is 13.2 Å². The van der Waals surface area contributed by atoms with Gasteiger partial charge in [0, 0.05) is 6.20 Å². The van der Waals surface area contributed by atoms with Gasteiger partial charge in [-0.2, -0.15) is 0 Å². The average molecular weight is 425 g/mol. The fraction of sp³-hybridized carbons (Fsp3) is 0.133. The first-order valence-corrected chi connectivity index (χ1v) is 9.34. The number of amides is 1. The summed E-state index contributed by atoms with van der Waals surface area (Å²) in [6.07, 6.45) is 1.54. The van der Waals surface area contributed by atoms with E-state index in [-0.39, 0.29) is 17.1 Å². The molecule has 0 bridgehead atoms. The van der Waals surface area contributed by atoms with Gasteiger partial charge in [0.05, 0.1) is 27.8 Å². The first kappa shape index (κ1) is 17.4. The third kappa shape index (κ3) is 3.35. The van der Waals surface area contributed by atoms with E-state index in [1.807, 2.05) is 6.92 Å². The number of nitrogens with zero attached hydrogens (tertiary/aromatic N) is 3. The van der Waals surface area contributed by atoms with E-state index in [2.05, 4.69) is 31.2 Å². The van der Waals surface area contributed by atoms with Gasteiger partial charge in [0.15, 0.2) is 5.65 Å². The number of carbonyl (C=O) groups is 1. The Hall–Kier alpha value is -2.46. The minimum atomic E-state index is -3.83. The molecular formula is C15H13BrN4O4S. The first-order chi connectivity index (χ1) is 11.8. The molecule has 0 spiro atoms. The van der Waals surface area contributed by atoms with Crippen LogP contribution in [0.3, 0.4) is 0 Å². The van der Waals surface area contributed by atoms with Crippen LogP contribution in [-0.4, -0.2) is 33.6 Å². The molecule has 0 fully saturated rings. The largest absolute Gasteiger partial charge is 0.465 e. The second-order valence-electron chi connectivity index (χ2n) is 5.28. The lowest BCUT2D eigenvalue weighted by atomic mass is 10.2. The minimum Gasteiger partial charge on any atom is -0.465 e. The van der Waals surface area contributed by atoms with Crippen LogP contribution in [0.5, 0.6) is 0 Å². The Balaban J connectivity index is 2.08. The summed E-state index contributed by atoms with van der Waals surface area (Å²) in [7, 11) is -3.83. The van der Waals surface area contributed by atoms with Crippen LogP contribution in [0.25, 0.3) is 11.2 Å². The van der Waals surface area contributed by atoms with Crippen LogP contribution in [0.2, 0.25) is 0 Å². The summed E-state index contributed by atoms with van der Waals surface area (Å²) >= 11 is 3.28. The van der Waals surface area contributed by atoms with Crippen LogP contribution in [0.15, 0.2) is 46.0 Å². The third-order valence-corrected chi connectivity index (χ3v) is 5.71. The summed E-state index contributed by atoms with van der Waals surface area (Å²) in [5.74, 6) is 0. The van der Waals surface area contributed by atoms with Crippen molar-refractivity contribution in [3.05, 3.63) is 52.4 Å². The van der Waals surface area contributed by atoms with E-state index < -0.39 is 16.1 Å².